The second kappa shape index (κ2) is 9.38. The van der Waals surface area contributed by atoms with Gasteiger partial charge in [-0.1, -0.05) is 19.0 Å². The molecule has 0 spiro atoms. The first-order valence-electron chi connectivity index (χ1n) is 10.6. The molecule has 2 amide bonds. The average Bonchev–Trinajstić information content (AvgIpc) is 3.11. The number of rotatable bonds is 6. The molecule has 1 aliphatic rings. The van der Waals surface area contributed by atoms with E-state index in [1.807, 2.05) is 20.9 Å². The molecule has 9 heteroatoms. The van der Waals surface area contributed by atoms with Crippen molar-refractivity contribution in [2.45, 2.75) is 39.5 Å². The molecular weight excluding hydrogens is 400 g/mol. The Hall–Kier alpha value is -3.07. The molecule has 0 atom stereocenters. The van der Waals surface area contributed by atoms with Crippen molar-refractivity contribution in [1.82, 2.24) is 15.4 Å². The zero-order valence-corrected chi connectivity index (χ0v) is 18.4. The Morgan fingerprint density at radius 3 is 2.52 bits per heavy atom. The second-order valence-electron chi connectivity index (χ2n) is 8.24. The summed E-state index contributed by atoms with van der Waals surface area (Å²) in [5.41, 5.74) is 0.891. The SMILES string of the molecule is CCNC(=O)c1noc(-c2cc(C(C)C)c(O)cc2O)c1NC(=O)C1CCN(C)CC1. The van der Waals surface area contributed by atoms with Gasteiger partial charge in [-0.3, -0.25) is 9.59 Å². The van der Waals surface area contributed by atoms with Gasteiger partial charge < -0.3 is 30.3 Å². The van der Waals surface area contributed by atoms with Crippen molar-refractivity contribution in [2.75, 3.05) is 32.0 Å². The Kier molecular flexibility index (Phi) is 6.84. The van der Waals surface area contributed by atoms with Crippen LogP contribution < -0.4 is 10.6 Å². The highest BCUT2D eigenvalue weighted by Gasteiger charge is 2.30. The summed E-state index contributed by atoms with van der Waals surface area (Å²) in [6.45, 7) is 7.59. The fourth-order valence-electron chi connectivity index (χ4n) is 3.72. The molecule has 2 aromatic rings. The summed E-state index contributed by atoms with van der Waals surface area (Å²) in [6.07, 6.45) is 1.42. The Balaban J connectivity index is 2.03. The van der Waals surface area contributed by atoms with Gasteiger partial charge in [-0.25, -0.2) is 0 Å². The van der Waals surface area contributed by atoms with Gasteiger partial charge in [0.05, 0.1) is 5.56 Å². The number of aromatic hydroxyl groups is 2. The number of likely N-dealkylation sites (tertiary alicyclic amines) is 1. The Morgan fingerprint density at radius 2 is 1.90 bits per heavy atom. The van der Waals surface area contributed by atoms with Gasteiger partial charge in [0, 0.05) is 18.5 Å². The average molecular weight is 431 g/mol. The van der Waals surface area contributed by atoms with Crippen LogP contribution in [0, 0.1) is 5.92 Å². The van der Waals surface area contributed by atoms with Crippen LogP contribution in [0.5, 0.6) is 11.5 Å². The molecular formula is C22H30N4O5. The van der Waals surface area contributed by atoms with Gasteiger partial charge >= 0.3 is 0 Å². The topological polar surface area (TPSA) is 128 Å². The minimum Gasteiger partial charge on any atom is -0.508 e. The van der Waals surface area contributed by atoms with E-state index >= 15 is 0 Å². The minimum absolute atomic E-state index is 0.0256. The number of nitrogens with one attached hydrogen (secondary N) is 2. The summed E-state index contributed by atoms with van der Waals surface area (Å²) in [4.78, 5) is 27.7. The zero-order chi connectivity index (χ0) is 22.7. The van der Waals surface area contributed by atoms with E-state index < -0.39 is 5.91 Å². The highest BCUT2D eigenvalue weighted by Crippen LogP contribution is 2.42. The molecule has 1 saturated heterocycles. The number of amides is 2. The Bertz CT molecular complexity index is 961. The summed E-state index contributed by atoms with van der Waals surface area (Å²) in [6, 6.07) is 2.81. The Morgan fingerprint density at radius 1 is 1.23 bits per heavy atom. The number of aromatic nitrogens is 1. The number of nitrogens with zero attached hydrogens (tertiary/aromatic N) is 2. The van der Waals surface area contributed by atoms with E-state index in [1.165, 1.54) is 6.07 Å². The third kappa shape index (κ3) is 4.82. The van der Waals surface area contributed by atoms with Gasteiger partial charge in [0.2, 0.25) is 5.91 Å². The monoisotopic (exact) mass is 430 g/mol. The van der Waals surface area contributed by atoms with Crippen LogP contribution in [-0.4, -0.2) is 58.8 Å². The fourth-order valence-corrected chi connectivity index (χ4v) is 3.72. The number of hydrogen-bond donors (Lipinski definition) is 4. The molecule has 0 bridgehead atoms. The van der Waals surface area contributed by atoms with Crippen molar-refractivity contribution in [1.29, 1.82) is 0 Å². The molecule has 0 aliphatic carbocycles. The molecule has 3 rings (SSSR count). The lowest BCUT2D eigenvalue weighted by Crippen LogP contribution is -2.36. The number of hydrogen-bond acceptors (Lipinski definition) is 7. The summed E-state index contributed by atoms with van der Waals surface area (Å²) in [5, 5.41) is 30.0. The van der Waals surface area contributed by atoms with Crippen molar-refractivity contribution in [3.8, 4) is 22.8 Å². The van der Waals surface area contributed by atoms with Crippen LogP contribution in [0.3, 0.4) is 0 Å². The molecule has 1 aromatic heterocycles. The smallest absolute Gasteiger partial charge is 0.275 e. The van der Waals surface area contributed by atoms with Crippen molar-refractivity contribution in [3.05, 3.63) is 23.4 Å². The molecule has 31 heavy (non-hydrogen) atoms. The normalized spacial score (nSPS) is 15.3. The molecule has 1 fully saturated rings. The van der Waals surface area contributed by atoms with E-state index in [2.05, 4.69) is 20.7 Å². The van der Waals surface area contributed by atoms with Gasteiger partial charge in [0.15, 0.2) is 11.5 Å². The van der Waals surface area contributed by atoms with Gasteiger partial charge in [-0.15, -0.1) is 0 Å². The van der Waals surface area contributed by atoms with Gasteiger partial charge in [-0.05, 0) is 57.5 Å². The van der Waals surface area contributed by atoms with Crippen molar-refractivity contribution in [3.63, 3.8) is 0 Å². The number of anilines is 1. The first kappa shape index (κ1) is 22.6. The lowest BCUT2D eigenvalue weighted by atomic mass is 9.95. The first-order chi connectivity index (χ1) is 14.7. The predicted molar refractivity (Wildman–Crippen MR) is 116 cm³/mol. The third-order valence-corrected chi connectivity index (χ3v) is 5.59. The lowest BCUT2D eigenvalue weighted by Gasteiger charge is -2.28. The second-order valence-corrected chi connectivity index (χ2v) is 8.24. The van der Waals surface area contributed by atoms with E-state index in [-0.39, 0.29) is 51.9 Å². The van der Waals surface area contributed by atoms with Crippen LogP contribution in [0.1, 0.15) is 55.6 Å². The van der Waals surface area contributed by atoms with Gasteiger partial charge in [0.1, 0.15) is 17.2 Å². The van der Waals surface area contributed by atoms with Crippen LogP contribution in [0.4, 0.5) is 5.69 Å². The maximum atomic E-state index is 13.0. The quantitative estimate of drug-likeness (QED) is 0.555. The largest absolute Gasteiger partial charge is 0.508 e. The van der Waals surface area contributed by atoms with Crippen molar-refractivity contribution >= 4 is 17.5 Å². The minimum atomic E-state index is -0.487. The molecule has 2 heterocycles. The molecule has 0 radical (unpaired) electrons. The maximum Gasteiger partial charge on any atom is 0.275 e. The molecule has 1 aromatic carbocycles. The standard InChI is InChI=1S/C22H30N4O5/c1-5-23-22(30)19-18(24-21(29)13-6-8-26(4)9-7-13)20(31-25-19)15-10-14(12(2)3)16(27)11-17(15)28/h10-13,27-28H,5-9H2,1-4H3,(H,23,30)(H,24,29). The summed E-state index contributed by atoms with van der Waals surface area (Å²) < 4.78 is 5.43. The van der Waals surface area contributed by atoms with Crippen LogP contribution in [0.15, 0.2) is 16.7 Å². The molecule has 1 aliphatic heterocycles. The third-order valence-electron chi connectivity index (χ3n) is 5.59. The number of piperidine rings is 1. The van der Waals surface area contributed by atoms with Crippen LogP contribution in [0.2, 0.25) is 0 Å². The summed E-state index contributed by atoms with van der Waals surface area (Å²) in [5.74, 6) is -1.14. The van der Waals surface area contributed by atoms with Crippen LogP contribution in [-0.2, 0) is 4.79 Å². The van der Waals surface area contributed by atoms with E-state index in [4.69, 9.17) is 4.52 Å². The Labute approximate surface area is 181 Å². The molecule has 0 unspecified atom stereocenters. The van der Waals surface area contributed by atoms with Crippen LogP contribution >= 0.6 is 0 Å². The maximum absolute atomic E-state index is 13.0. The van der Waals surface area contributed by atoms with E-state index in [1.54, 1.807) is 13.0 Å². The molecule has 9 nitrogen and oxygen atoms in total. The van der Waals surface area contributed by atoms with E-state index in [9.17, 15) is 19.8 Å². The molecule has 4 N–H and O–H groups in total. The fraction of sp³-hybridized carbons (Fsp3) is 0.500. The zero-order valence-electron chi connectivity index (χ0n) is 18.4. The van der Waals surface area contributed by atoms with Gasteiger partial charge in [0.25, 0.3) is 5.91 Å². The first-order valence-corrected chi connectivity index (χ1v) is 10.6. The lowest BCUT2D eigenvalue weighted by molar-refractivity contribution is -0.121. The summed E-state index contributed by atoms with van der Waals surface area (Å²) in [7, 11) is 2.01. The van der Waals surface area contributed by atoms with Gasteiger partial charge in [-0.2, -0.15) is 0 Å². The number of carbonyl (C=O) groups excluding carboxylic acids is 2. The predicted octanol–water partition coefficient (Wildman–Crippen LogP) is 2.91. The number of benzene rings is 1. The van der Waals surface area contributed by atoms with E-state index in [0.29, 0.717) is 24.9 Å². The highest BCUT2D eigenvalue weighted by atomic mass is 16.5. The molecule has 168 valence electrons. The van der Waals surface area contributed by atoms with Crippen molar-refractivity contribution in [2.24, 2.45) is 5.92 Å². The number of carbonyl (C=O) groups is 2. The van der Waals surface area contributed by atoms with E-state index in [0.717, 1.165) is 13.1 Å². The highest BCUT2D eigenvalue weighted by molar-refractivity contribution is 6.06. The summed E-state index contributed by atoms with van der Waals surface area (Å²) >= 11 is 0. The van der Waals surface area contributed by atoms with Crippen LogP contribution in [0.25, 0.3) is 11.3 Å². The number of phenolic OH excluding ortho intramolecular Hbond substituents is 2. The number of phenols is 2. The van der Waals surface area contributed by atoms with Crippen molar-refractivity contribution < 1.29 is 24.3 Å². The molecule has 0 saturated carbocycles.